The van der Waals surface area contributed by atoms with E-state index in [2.05, 4.69) is 9.88 Å². The predicted octanol–water partition coefficient (Wildman–Crippen LogP) is 5.17. The molecule has 0 bridgehead atoms. The van der Waals surface area contributed by atoms with Crippen LogP contribution in [0.1, 0.15) is 16.1 Å². The number of benzene rings is 3. The Morgan fingerprint density at radius 3 is 2.41 bits per heavy atom. The zero-order valence-electron chi connectivity index (χ0n) is 20.2. The van der Waals surface area contributed by atoms with Gasteiger partial charge in [-0.15, -0.1) is 0 Å². The van der Waals surface area contributed by atoms with Crippen LogP contribution in [0.25, 0.3) is 39.1 Å². The number of fused-ring (bicyclic) bond motifs is 3. The van der Waals surface area contributed by atoms with Gasteiger partial charge in [0, 0.05) is 40.7 Å². The maximum absolute atomic E-state index is 13.3. The van der Waals surface area contributed by atoms with Crippen LogP contribution in [0.5, 0.6) is 5.75 Å². The molecular weight excluding hydrogens is 468 g/mol. The first-order valence-electron chi connectivity index (χ1n) is 11.5. The van der Waals surface area contributed by atoms with Crippen molar-refractivity contribution in [2.24, 2.45) is 7.05 Å². The van der Waals surface area contributed by atoms with Crippen LogP contribution in [0, 0.1) is 0 Å². The van der Waals surface area contributed by atoms with Crippen LogP contribution >= 0.6 is 0 Å². The molecule has 0 unspecified atom stereocenters. The van der Waals surface area contributed by atoms with Crippen LogP contribution in [0.15, 0.2) is 84.9 Å². The first-order valence-corrected chi connectivity index (χ1v) is 11.5. The highest BCUT2D eigenvalue weighted by Gasteiger charge is 2.19. The number of hydrogen-bond donors (Lipinski definition) is 3. The largest absolute Gasteiger partial charge is 0.497 e. The molecule has 0 spiro atoms. The monoisotopic (exact) mass is 492 g/mol. The van der Waals surface area contributed by atoms with Crippen LogP contribution in [0.4, 0.5) is 5.69 Å². The van der Waals surface area contributed by atoms with Gasteiger partial charge in [-0.05, 0) is 60.2 Å². The van der Waals surface area contributed by atoms with Gasteiger partial charge in [0.1, 0.15) is 11.4 Å². The molecule has 184 valence electrons. The van der Waals surface area contributed by atoms with E-state index >= 15 is 0 Å². The van der Waals surface area contributed by atoms with Crippen LogP contribution in [-0.4, -0.2) is 33.7 Å². The Morgan fingerprint density at radius 1 is 0.973 bits per heavy atom. The van der Waals surface area contributed by atoms with Crippen LogP contribution in [-0.2, 0) is 11.8 Å². The number of aryl methyl sites for hydroxylation is 1. The molecular formula is C29H24N4O4. The minimum absolute atomic E-state index is 0.290. The average Bonchev–Trinajstić information content (AvgIpc) is 3.24. The quantitative estimate of drug-likeness (QED) is 0.172. The predicted molar refractivity (Wildman–Crippen MR) is 144 cm³/mol. The standard InChI is InChI=1S/C29H24N4O4/c1-33-25-6-4-3-5-22(25)23-17-24(31-27(28(23)33)19-10-14-21(37-2)15-11-19)29(35)30-20-12-7-18(8-13-20)9-16-26(34)32-36/h3-17,36H,1-2H3,(H,30,35)(H,32,34)/b16-9-. The van der Waals surface area contributed by atoms with E-state index in [0.29, 0.717) is 17.1 Å². The van der Waals surface area contributed by atoms with Crippen molar-refractivity contribution in [1.82, 2.24) is 15.0 Å². The minimum atomic E-state index is -0.625. The van der Waals surface area contributed by atoms with Gasteiger partial charge in [-0.25, -0.2) is 10.5 Å². The molecule has 3 aromatic carbocycles. The van der Waals surface area contributed by atoms with Gasteiger partial charge in [0.15, 0.2) is 0 Å². The second-order valence-electron chi connectivity index (χ2n) is 8.44. The fourth-order valence-corrected chi connectivity index (χ4v) is 4.35. The number of anilines is 1. The zero-order valence-corrected chi connectivity index (χ0v) is 20.2. The lowest BCUT2D eigenvalue weighted by Crippen LogP contribution is -2.15. The van der Waals surface area contributed by atoms with E-state index in [1.54, 1.807) is 42.9 Å². The summed E-state index contributed by atoms with van der Waals surface area (Å²) in [7, 11) is 3.62. The smallest absolute Gasteiger partial charge is 0.274 e. The van der Waals surface area contributed by atoms with Crippen molar-refractivity contribution in [1.29, 1.82) is 0 Å². The molecule has 37 heavy (non-hydrogen) atoms. The molecule has 2 aromatic heterocycles. The summed E-state index contributed by atoms with van der Waals surface area (Å²) in [5.41, 5.74) is 6.70. The van der Waals surface area contributed by atoms with Gasteiger partial charge in [-0.1, -0.05) is 30.3 Å². The summed E-state index contributed by atoms with van der Waals surface area (Å²) < 4.78 is 7.41. The van der Waals surface area contributed by atoms with E-state index in [1.807, 2.05) is 61.6 Å². The normalized spacial score (nSPS) is 11.2. The molecule has 8 nitrogen and oxygen atoms in total. The summed E-state index contributed by atoms with van der Waals surface area (Å²) in [6.07, 6.45) is 2.76. The SMILES string of the molecule is COc1ccc(-c2nc(C(=O)Nc3ccc(/C=C\C(=O)NO)cc3)cc3c4ccccc4n(C)c23)cc1. The fraction of sp³-hybridized carbons (Fsp3) is 0.0690. The number of para-hydroxylation sites is 1. The topological polar surface area (TPSA) is 105 Å². The molecule has 2 heterocycles. The summed E-state index contributed by atoms with van der Waals surface area (Å²) >= 11 is 0. The summed E-state index contributed by atoms with van der Waals surface area (Å²) in [5, 5.41) is 13.5. The molecule has 0 radical (unpaired) electrons. The molecule has 0 aliphatic rings. The Morgan fingerprint density at radius 2 is 1.70 bits per heavy atom. The molecule has 0 aliphatic heterocycles. The van der Waals surface area contributed by atoms with E-state index in [1.165, 1.54) is 6.08 Å². The van der Waals surface area contributed by atoms with Gasteiger partial charge < -0.3 is 14.6 Å². The number of pyridine rings is 1. The molecule has 8 heteroatoms. The third kappa shape index (κ3) is 4.65. The van der Waals surface area contributed by atoms with E-state index < -0.39 is 5.91 Å². The molecule has 3 N–H and O–H groups in total. The lowest BCUT2D eigenvalue weighted by molar-refractivity contribution is -0.124. The highest BCUT2D eigenvalue weighted by molar-refractivity contribution is 6.15. The van der Waals surface area contributed by atoms with Gasteiger partial charge in [-0.3, -0.25) is 14.8 Å². The number of hydroxylamine groups is 1. The summed E-state index contributed by atoms with van der Waals surface area (Å²) in [5.74, 6) is -0.228. The van der Waals surface area contributed by atoms with Gasteiger partial charge in [0.05, 0.1) is 18.3 Å². The Hall–Kier alpha value is -4.95. The molecule has 0 atom stereocenters. The molecule has 5 aromatic rings. The second-order valence-corrected chi connectivity index (χ2v) is 8.44. The number of nitrogens with one attached hydrogen (secondary N) is 2. The molecule has 5 rings (SSSR count). The van der Waals surface area contributed by atoms with Crippen molar-refractivity contribution >= 4 is 45.4 Å². The van der Waals surface area contributed by atoms with Gasteiger partial charge in [0.25, 0.3) is 11.8 Å². The van der Waals surface area contributed by atoms with Crippen molar-refractivity contribution in [3.8, 4) is 17.0 Å². The summed E-state index contributed by atoms with van der Waals surface area (Å²) in [6.45, 7) is 0. The van der Waals surface area contributed by atoms with E-state index in [-0.39, 0.29) is 5.91 Å². The molecule has 0 saturated carbocycles. The Bertz CT molecular complexity index is 1650. The van der Waals surface area contributed by atoms with Crippen LogP contribution < -0.4 is 15.5 Å². The number of carbonyl (C=O) groups is 2. The Labute approximate surface area is 212 Å². The number of nitrogens with zero attached hydrogens (tertiary/aromatic N) is 2. The van der Waals surface area contributed by atoms with Gasteiger partial charge in [0.2, 0.25) is 0 Å². The summed E-state index contributed by atoms with van der Waals surface area (Å²) in [6, 6.07) is 24.5. The van der Waals surface area contributed by atoms with E-state index in [0.717, 1.165) is 38.7 Å². The molecule has 0 fully saturated rings. The lowest BCUT2D eigenvalue weighted by atomic mass is 10.1. The maximum atomic E-state index is 13.3. The van der Waals surface area contributed by atoms with E-state index in [4.69, 9.17) is 14.9 Å². The van der Waals surface area contributed by atoms with Crippen LogP contribution in [0.3, 0.4) is 0 Å². The first kappa shape index (κ1) is 23.8. The van der Waals surface area contributed by atoms with Crippen molar-refractivity contribution in [3.63, 3.8) is 0 Å². The van der Waals surface area contributed by atoms with Crippen molar-refractivity contribution < 1.29 is 19.5 Å². The Balaban J connectivity index is 1.55. The number of amides is 2. The number of carbonyl (C=O) groups excluding carboxylic acids is 2. The number of rotatable bonds is 6. The number of methoxy groups -OCH3 is 1. The van der Waals surface area contributed by atoms with Gasteiger partial charge in [-0.2, -0.15) is 0 Å². The highest BCUT2D eigenvalue weighted by Crippen LogP contribution is 2.35. The number of ether oxygens (including phenoxy) is 1. The third-order valence-electron chi connectivity index (χ3n) is 6.19. The average molecular weight is 493 g/mol. The number of aromatic nitrogens is 2. The highest BCUT2D eigenvalue weighted by atomic mass is 16.5. The molecule has 2 amide bonds. The molecule has 0 saturated heterocycles. The van der Waals surface area contributed by atoms with Crippen molar-refractivity contribution in [2.75, 3.05) is 12.4 Å². The fourth-order valence-electron chi connectivity index (χ4n) is 4.35. The van der Waals surface area contributed by atoms with Gasteiger partial charge >= 0.3 is 0 Å². The summed E-state index contributed by atoms with van der Waals surface area (Å²) in [4.78, 5) is 29.3. The zero-order chi connectivity index (χ0) is 25.9. The maximum Gasteiger partial charge on any atom is 0.274 e. The first-order chi connectivity index (χ1) is 18.0. The number of hydrogen-bond acceptors (Lipinski definition) is 5. The minimum Gasteiger partial charge on any atom is -0.497 e. The second kappa shape index (κ2) is 9.96. The lowest BCUT2D eigenvalue weighted by Gasteiger charge is -2.11. The van der Waals surface area contributed by atoms with Crippen molar-refractivity contribution in [3.05, 3.63) is 96.2 Å². The van der Waals surface area contributed by atoms with Crippen molar-refractivity contribution in [2.45, 2.75) is 0 Å². The van der Waals surface area contributed by atoms with E-state index in [9.17, 15) is 9.59 Å². The Kier molecular flexibility index (Phi) is 6.40. The molecule has 0 aliphatic carbocycles. The third-order valence-corrected chi connectivity index (χ3v) is 6.19. The van der Waals surface area contributed by atoms with Crippen LogP contribution in [0.2, 0.25) is 0 Å².